The van der Waals surface area contributed by atoms with E-state index < -0.39 is 0 Å². The van der Waals surface area contributed by atoms with Gasteiger partial charge in [0.15, 0.2) is 6.61 Å². The van der Waals surface area contributed by atoms with Gasteiger partial charge in [-0.25, -0.2) is 4.98 Å². The predicted molar refractivity (Wildman–Crippen MR) is 128 cm³/mol. The molecule has 0 aliphatic rings. The molecule has 9 heteroatoms. The van der Waals surface area contributed by atoms with Crippen LogP contribution in [0.5, 0.6) is 5.75 Å². The van der Waals surface area contributed by atoms with Gasteiger partial charge in [0, 0.05) is 16.7 Å². The van der Waals surface area contributed by atoms with Gasteiger partial charge in [-0.3, -0.25) is 9.59 Å². The Morgan fingerprint density at radius 2 is 1.97 bits per heavy atom. The molecule has 4 rings (SSSR count). The van der Waals surface area contributed by atoms with Gasteiger partial charge in [-0.15, -0.1) is 11.8 Å². The van der Waals surface area contributed by atoms with E-state index in [1.165, 1.54) is 33.7 Å². The number of fused-ring (bicyclic) bond motifs is 1. The fraction of sp³-hybridized carbons (Fsp3) is 0.217. The fourth-order valence-electron chi connectivity index (χ4n) is 3.01. The second-order valence-electron chi connectivity index (χ2n) is 7.02. The fourth-order valence-corrected chi connectivity index (χ4v) is 4.77. The van der Waals surface area contributed by atoms with E-state index in [9.17, 15) is 9.59 Å². The van der Waals surface area contributed by atoms with Crippen LogP contribution in [0, 0.1) is 6.92 Å². The van der Waals surface area contributed by atoms with Crippen molar-refractivity contribution in [2.24, 2.45) is 0 Å². The molecule has 0 spiro atoms. The Hall–Kier alpha value is -3.17. The largest absolute Gasteiger partial charge is 0.483 e. The zero-order valence-electron chi connectivity index (χ0n) is 17.7. The number of nitrogens with zero attached hydrogens (tertiary/aromatic N) is 3. The molecular weight excluding hydrogens is 444 g/mol. The lowest BCUT2D eigenvalue weighted by molar-refractivity contribution is -0.118. The number of aryl methyl sites for hydroxylation is 2. The summed E-state index contributed by atoms with van der Waals surface area (Å²) in [6, 6.07) is 16.6. The van der Waals surface area contributed by atoms with Gasteiger partial charge in [-0.05, 0) is 37.1 Å². The van der Waals surface area contributed by atoms with E-state index in [1.54, 1.807) is 0 Å². The Morgan fingerprint density at radius 3 is 2.78 bits per heavy atom. The van der Waals surface area contributed by atoms with Crippen molar-refractivity contribution < 1.29 is 9.53 Å². The highest BCUT2D eigenvalue weighted by atomic mass is 32.2. The van der Waals surface area contributed by atoms with Crippen molar-refractivity contribution in [3.05, 3.63) is 81.2 Å². The number of aromatic nitrogens is 3. The number of carbonyl (C=O) groups is 1. The summed E-state index contributed by atoms with van der Waals surface area (Å²) in [4.78, 5) is 30.8. The van der Waals surface area contributed by atoms with E-state index >= 15 is 0 Å². The molecule has 0 radical (unpaired) electrons. The first-order valence-corrected chi connectivity index (χ1v) is 11.9. The first kappa shape index (κ1) is 22.0. The number of rotatable bonds is 8. The summed E-state index contributed by atoms with van der Waals surface area (Å²) in [5.74, 6) is 0.945. The normalized spacial score (nSPS) is 10.9. The number of nitrogens with one attached hydrogen (secondary N) is 1. The van der Waals surface area contributed by atoms with Gasteiger partial charge in [0.2, 0.25) is 4.96 Å². The molecule has 32 heavy (non-hydrogen) atoms. The van der Waals surface area contributed by atoms with Crippen molar-refractivity contribution in [2.75, 3.05) is 11.9 Å². The average Bonchev–Trinajstić information content (AvgIpc) is 3.22. The van der Waals surface area contributed by atoms with Crippen LogP contribution in [-0.2, 0) is 17.0 Å². The van der Waals surface area contributed by atoms with Crippen molar-refractivity contribution in [1.29, 1.82) is 0 Å². The van der Waals surface area contributed by atoms with Crippen LogP contribution >= 0.6 is 23.1 Å². The van der Waals surface area contributed by atoms with Crippen LogP contribution in [0.25, 0.3) is 4.96 Å². The number of hydrogen-bond donors (Lipinski definition) is 1. The van der Waals surface area contributed by atoms with Crippen LogP contribution in [0.4, 0.5) is 5.69 Å². The van der Waals surface area contributed by atoms with E-state index in [0.717, 1.165) is 21.9 Å². The molecule has 0 saturated heterocycles. The molecule has 1 N–H and O–H groups in total. The van der Waals surface area contributed by atoms with E-state index in [-0.39, 0.29) is 18.1 Å². The number of carbonyl (C=O) groups excluding carboxylic acids is 1. The number of para-hydroxylation sites is 2. The Labute approximate surface area is 193 Å². The predicted octanol–water partition coefficient (Wildman–Crippen LogP) is 4.33. The number of hydrogen-bond acceptors (Lipinski definition) is 7. The summed E-state index contributed by atoms with van der Waals surface area (Å²) in [5, 5.41) is 8.06. The summed E-state index contributed by atoms with van der Waals surface area (Å²) in [5.41, 5.74) is 2.16. The molecule has 2 aromatic carbocycles. The molecule has 7 nitrogen and oxygen atoms in total. The minimum absolute atomic E-state index is 0.0794. The van der Waals surface area contributed by atoms with E-state index in [2.05, 4.69) is 15.4 Å². The molecular formula is C23H22N4O3S2. The van der Waals surface area contributed by atoms with Gasteiger partial charge in [0.05, 0.1) is 11.4 Å². The summed E-state index contributed by atoms with van der Waals surface area (Å²) >= 11 is 2.93. The van der Waals surface area contributed by atoms with Crippen LogP contribution in [0.2, 0.25) is 0 Å². The average molecular weight is 467 g/mol. The van der Waals surface area contributed by atoms with Crippen molar-refractivity contribution in [1.82, 2.24) is 14.6 Å². The molecule has 164 valence electrons. The smallest absolute Gasteiger partial charge is 0.275 e. The molecule has 0 aliphatic heterocycles. The third-order valence-electron chi connectivity index (χ3n) is 4.63. The van der Waals surface area contributed by atoms with Gasteiger partial charge < -0.3 is 10.1 Å². The Balaban J connectivity index is 1.42. The maximum Gasteiger partial charge on any atom is 0.275 e. The third-order valence-corrected chi connectivity index (χ3v) is 6.79. The topological polar surface area (TPSA) is 85.6 Å². The van der Waals surface area contributed by atoms with Crippen molar-refractivity contribution in [3.63, 3.8) is 0 Å². The molecule has 0 fully saturated rings. The lowest BCUT2D eigenvalue weighted by atomic mass is 10.2. The lowest BCUT2D eigenvalue weighted by Gasteiger charge is -2.12. The van der Waals surface area contributed by atoms with Crippen LogP contribution in [0.3, 0.4) is 0 Å². The van der Waals surface area contributed by atoms with Gasteiger partial charge in [0.25, 0.3) is 11.5 Å². The third kappa shape index (κ3) is 5.17. The highest BCUT2D eigenvalue weighted by Gasteiger charge is 2.11. The first-order chi connectivity index (χ1) is 15.5. The molecule has 0 aliphatic carbocycles. The van der Waals surface area contributed by atoms with E-state index in [1.807, 2.05) is 62.4 Å². The second kappa shape index (κ2) is 9.97. The van der Waals surface area contributed by atoms with Gasteiger partial charge in [-0.2, -0.15) is 9.61 Å². The summed E-state index contributed by atoms with van der Waals surface area (Å²) in [6.07, 6.45) is 0.762. The van der Waals surface area contributed by atoms with E-state index in [0.29, 0.717) is 27.8 Å². The Bertz CT molecular complexity index is 1320. The van der Waals surface area contributed by atoms with Gasteiger partial charge in [-0.1, -0.05) is 48.6 Å². The minimum Gasteiger partial charge on any atom is -0.483 e. The highest BCUT2D eigenvalue weighted by Crippen LogP contribution is 2.29. The Morgan fingerprint density at radius 1 is 1.19 bits per heavy atom. The van der Waals surface area contributed by atoms with Crippen LogP contribution < -0.4 is 15.6 Å². The molecule has 1 amide bonds. The molecule has 2 heterocycles. The summed E-state index contributed by atoms with van der Waals surface area (Å²) in [7, 11) is 0. The Kier molecular flexibility index (Phi) is 6.87. The number of ether oxygens (including phenoxy) is 1. The first-order valence-electron chi connectivity index (χ1n) is 10.1. The number of thioether (sulfide) groups is 1. The number of benzene rings is 2. The molecule has 0 unspecified atom stereocenters. The SMILES string of the molecule is CCc1nn2c(=O)cc(CSc3ccccc3NC(=O)COc3ccccc3C)nc2s1. The molecule has 0 bridgehead atoms. The zero-order chi connectivity index (χ0) is 22.5. The number of anilines is 1. The maximum absolute atomic E-state index is 12.4. The highest BCUT2D eigenvalue weighted by molar-refractivity contribution is 7.98. The molecule has 4 aromatic rings. The lowest BCUT2D eigenvalue weighted by Crippen LogP contribution is -2.20. The quantitative estimate of drug-likeness (QED) is 0.389. The molecule has 0 atom stereocenters. The summed E-state index contributed by atoms with van der Waals surface area (Å²) < 4.78 is 6.98. The maximum atomic E-state index is 12.4. The monoisotopic (exact) mass is 466 g/mol. The molecule has 2 aromatic heterocycles. The van der Waals surface area contributed by atoms with Crippen molar-refractivity contribution >= 4 is 39.7 Å². The van der Waals surface area contributed by atoms with Gasteiger partial charge >= 0.3 is 0 Å². The molecule has 0 saturated carbocycles. The second-order valence-corrected chi connectivity index (χ2v) is 9.07. The van der Waals surface area contributed by atoms with Gasteiger partial charge in [0.1, 0.15) is 10.8 Å². The van der Waals surface area contributed by atoms with Crippen LogP contribution in [-0.4, -0.2) is 27.1 Å². The van der Waals surface area contributed by atoms with Crippen molar-refractivity contribution in [3.8, 4) is 5.75 Å². The standard InChI is InChI=1S/C23H22N4O3S2/c1-3-21-26-27-22(29)12-16(24-23(27)32-21)14-31-19-11-7-5-9-17(19)25-20(28)13-30-18-10-6-4-8-15(18)2/h4-12H,3,13-14H2,1-2H3,(H,25,28). The van der Waals surface area contributed by atoms with Crippen LogP contribution in [0.15, 0.2) is 64.3 Å². The summed E-state index contributed by atoms with van der Waals surface area (Å²) in [6.45, 7) is 3.85. The van der Waals surface area contributed by atoms with E-state index in [4.69, 9.17) is 4.74 Å². The number of amides is 1. The minimum atomic E-state index is -0.240. The zero-order valence-corrected chi connectivity index (χ0v) is 19.3. The van der Waals surface area contributed by atoms with Crippen LogP contribution in [0.1, 0.15) is 23.2 Å². The van der Waals surface area contributed by atoms with Crippen molar-refractivity contribution in [2.45, 2.75) is 30.9 Å².